The molecular weight excluding hydrogens is 809 g/mol. The van der Waals surface area contributed by atoms with Gasteiger partial charge in [-0.15, -0.1) is 0 Å². The second kappa shape index (κ2) is 17.3. The maximum Gasteiger partial charge on any atom is 0.254 e. The molecule has 1 saturated carbocycles. The Kier molecular flexibility index (Phi) is 11.8. The third kappa shape index (κ3) is 7.45. The van der Waals surface area contributed by atoms with Gasteiger partial charge in [0.05, 0.1) is 55.2 Å². The molecule has 6 atom stereocenters. The Labute approximate surface area is 365 Å². The quantitative estimate of drug-likeness (QED) is 0.109. The first-order valence-electron chi connectivity index (χ1n) is 21.5. The fourth-order valence-corrected chi connectivity index (χ4v) is 9.87. The SMILES string of the molecule is CNCC1=CC=C2N=CC(C3C=Cc4c(OC)cc5cc(C6CCCC6)c(C(=O)CN6Cc7c(CNC)cccc7C6=O)c(O)c5c4OC4OC(CO3)C(O)C(O)C4(O)CO)=C2[CH+]1. The predicted molar refractivity (Wildman–Crippen MR) is 234 cm³/mol. The standard InChI is InChI=1S/C48H52N4O11/c1-49-18-25-11-13-35-32(15-25)33(20-51-35)37-14-12-30-38(60-3)17-28-16-31(26-7-4-5-8-26)41(36(54)22-52-21-34-27(19-50-2)9-6-10-29(34)46(52)58)43(56)40(28)44(30)63-47-48(59,24-53)45(57)42(55)39(62-47)23-61-37/h6,9-17,20,26,37,39,42,45,47,49-50,53,55,57,59H,4-5,7-8,18-19,21-24H2,1-3H3/p+1. The monoisotopic (exact) mass is 861 g/mol. The number of carbonyl (C=O) groups is 2. The van der Waals surface area contributed by atoms with E-state index < -0.39 is 54.4 Å². The number of ketones is 1. The molecule has 2 bridgehead atoms. The van der Waals surface area contributed by atoms with Gasteiger partial charge in [-0.1, -0.05) is 25.0 Å². The van der Waals surface area contributed by atoms with Gasteiger partial charge < -0.3 is 60.0 Å². The zero-order chi connectivity index (χ0) is 44.2. The van der Waals surface area contributed by atoms with Crippen LogP contribution in [0.1, 0.15) is 74.6 Å². The summed E-state index contributed by atoms with van der Waals surface area (Å²) >= 11 is 0. The zero-order valence-electron chi connectivity index (χ0n) is 35.5. The average molecular weight is 862 g/mol. The molecule has 6 aliphatic rings. The molecule has 0 spiro atoms. The number of allylic oxidation sites excluding steroid dienone is 3. The highest BCUT2D eigenvalue weighted by molar-refractivity contribution is 6.11. The number of aliphatic hydroxyl groups excluding tert-OH is 3. The van der Waals surface area contributed by atoms with E-state index in [1.165, 1.54) is 12.0 Å². The number of aliphatic imine (C=N–C) groups is 1. The van der Waals surface area contributed by atoms with E-state index in [-0.39, 0.29) is 53.8 Å². The number of amides is 1. The summed E-state index contributed by atoms with van der Waals surface area (Å²) in [7, 11) is 5.17. The van der Waals surface area contributed by atoms with E-state index in [2.05, 4.69) is 15.6 Å². The van der Waals surface area contributed by atoms with Crippen molar-refractivity contribution in [2.75, 3.05) is 47.5 Å². The highest BCUT2D eigenvalue weighted by Crippen LogP contribution is 2.50. The number of hydrogen-bond donors (Lipinski definition) is 7. The van der Waals surface area contributed by atoms with Crippen LogP contribution in [0.15, 0.2) is 76.0 Å². The molecule has 63 heavy (non-hydrogen) atoms. The minimum atomic E-state index is -2.56. The number of hydrogen-bond acceptors (Lipinski definition) is 14. The summed E-state index contributed by atoms with van der Waals surface area (Å²) < 4.78 is 25.2. The van der Waals surface area contributed by atoms with Crippen LogP contribution in [-0.2, 0) is 22.6 Å². The largest absolute Gasteiger partial charge is 0.506 e. The number of benzene rings is 3. The van der Waals surface area contributed by atoms with Gasteiger partial charge in [-0.2, -0.15) is 4.99 Å². The molecule has 15 nitrogen and oxygen atoms in total. The Balaban J connectivity index is 1.21. The molecule has 15 heteroatoms. The van der Waals surface area contributed by atoms with Crippen LogP contribution in [0.4, 0.5) is 0 Å². The number of methoxy groups -OCH3 is 1. The Morgan fingerprint density at radius 1 is 1.11 bits per heavy atom. The van der Waals surface area contributed by atoms with Crippen molar-refractivity contribution in [1.82, 2.24) is 15.5 Å². The summed E-state index contributed by atoms with van der Waals surface area (Å²) in [5.74, 6) is -1.00. The number of nitrogens with one attached hydrogen (secondary N) is 2. The maximum absolute atomic E-state index is 14.8. The van der Waals surface area contributed by atoms with Gasteiger partial charge in [0.1, 0.15) is 47.2 Å². The second-order valence-electron chi connectivity index (χ2n) is 17.1. The Morgan fingerprint density at radius 3 is 2.65 bits per heavy atom. The minimum absolute atomic E-state index is 0.0473. The summed E-state index contributed by atoms with van der Waals surface area (Å²) in [6.07, 6.45) is 6.92. The fraction of sp³-hybridized carbons (Fsp3) is 0.417. The normalized spacial score (nSPS) is 26.7. The molecule has 1 saturated heterocycles. The predicted octanol–water partition coefficient (Wildman–Crippen LogP) is 3.36. The molecule has 2 aliphatic carbocycles. The number of likely N-dealkylation sites (N-methyl/N-ethyl adjacent to an activating group) is 1. The molecule has 0 radical (unpaired) electrons. The zero-order valence-corrected chi connectivity index (χ0v) is 35.5. The second-order valence-corrected chi connectivity index (χ2v) is 17.1. The molecule has 4 heterocycles. The maximum atomic E-state index is 14.8. The van der Waals surface area contributed by atoms with E-state index in [0.717, 1.165) is 53.7 Å². The molecule has 7 N–H and O–H groups in total. The first kappa shape index (κ1) is 42.9. The molecule has 1 amide bonds. The number of phenolic OH excluding ortho intramolecular Hbond substituents is 1. The van der Waals surface area contributed by atoms with Crippen molar-refractivity contribution in [3.63, 3.8) is 0 Å². The summed E-state index contributed by atoms with van der Waals surface area (Å²) in [5, 5.41) is 64.7. The summed E-state index contributed by atoms with van der Waals surface area (Å²) in [6, 6.07) is 9.13. The van der Waals surface area contributed by atoms with Crippen molar-refractivity contribution < 1.29 is 54.1 Å². The van der Waals surface area contributed by atoms with E-state index in [9.17, 15) is 35.1 Å². The van der Waals surface area contributed by atoms with Crippen molar-refractivity contribution in [3.05, 3.63) is 111 Å². The number of phenols is 1. The average Bonchev–Trinajstić information content (AvgIpc) is 4.04. The molecule has 3 aromatic carbocycles. The van der Waals surface area contributed by atoms with Crippen LogP contribution in [-0.4, -0.2) is 132 Å². The number of Topliss-reactive ketones (excluding diaryl/α,β-unsaturated/α-hetero) is 1. The van der Waals surface area contributed by atoms with Crippen LogP contribution in [0.3, 0.4) is 0 Å². The molecule has 0 aromatic heterocycles. The first-order valence-corrected chi connectivity index (χ1v) is 21.5. The smallest absolute Gasteiger partial charge is 0.254 e. The minimum Gasteiger partial charge on any atom is -0.506 e. The summed E-state index contributed by atoms with van der Waals surface area (Å²) in [4.78, 5) is 34.7. The molecular formula is C48H53N4O11+. The van der Waals surface area contributed by atoms with Crippen LogP contribution < -0.4 is 20.1 Å². The number of aliphatic hydroxyl groups is 4. The van der Waals surface area contributed by atoms with E-state index in [0.29, 0.717) is 40.9 Å². The van der Waals surface area contributed by atoms with Crippen molar-refractivity contribution in [3.8, 4) is 17.2 Å². The lowest BCUT2D eigenvalue weighted by Crippen LogP contribution is -2.69. The van der Waals surface area contributed by atoms with Crippen molar-refractivity contribution in [2.45, 2.75) is 81.0 Å². The van der Waals surface area contributed by atoms with Gasteiger partial charge in [0.25, 0.3) is 5.91 Å². The molecule has 6 unspecified atom stereocenters. The Morgan fingerprint density at radius 2 is 1.90 bits per heavy atom. The Bertz CT molecular complexity index is 2500. The highest BCUT2D eigenvalue weighted by Gasteiger charge is 2.57. The summed E-state index contributed by atoms with van der Waals surface area (Å²) in [6.45, 7) is -0.270. The lowest BCUT2D eigenvalue weighted by Gasteiger charge is -2.47. The first-order chi connectivity index (χ1) is 30.5. The molecule has 9 rings (SSSR count). The number of nitrogens with zero attached hydrogens (tertiary/aromatic N) is 2. The van der Waals surface area contributed by atoms with Crippen LogP contribution in [0, 0.1) is 6.42 Å². The van der Waals surface area contributed by atoms with Gasteiger partial charge in [0, 0.05) is 49.3 Å². The molecule has 3 aromatic rings. The van der Waals surface area contributed by atoms with Crippen molar-refractivity contribution in [2.24, 2.45) is 4.99 Å². The van der Waals surface area contributed by atoms with Gasteiger partial charge in [0.15, 0.2) is 17.1 Å². The lowest BCUT2D eigenvalue weighted by atomic mass is 9.86. The van der Waals surface area contributed by atoms with E-state index in [1.807, 2.05) is 50.9 Å². The third-order valence-corrected chi connectivity index (χ3v) is 13.2. The number of carbonyl (C=O) groups excluding carboxylic acids is 2. The Hall–Kier alpha value is -5.36. The van der Waals surface area contributed by atoms with E-state index in [1.54, 1.807) is 30.5 Å². The highest BCUT2D eigenvalue weighted by atomic mass is 16.7. The van der Waals surface area contributed by atoms with E-state index >= 15 is 0 Å². The third-order valence-electron chi connectivity index (χ3n) is 13.2. The molecule has 4 aliphatic heterocycles. The summed E-state index contributed by atoms with van der Waals surface area (Å²) in [5.41, 5.74) is 3.99. The van der Waals surface area contributed by atoms with Gasteiger partial charge in [-0.05, 0) is 85.3 Å². The van der Waals surface area contributed by atoms with Crippen molar-refractivity contribution >= 4 is 34.8 Å². The molecule has 2 fully saturated rings. The van der Waals surface area contributed by atoms with Crippen molar-refractivity contribution in [1.29, 1.82) is 0 Å². The number of ether oxygens (including phenoxy) is 4. The number of aromatic hydroxyl groups is 1. The van der Waals surface area contributed by atoms with Gasteiger partial charge in [-0.25, -0.2) is 0 Å². The molecule has 330 valence electrons. The van der Waals surface area contributed by atoms with Gasteiger partial charge in [-0.3, -0.25) is 9.59 Å². The van der Waals surface area contributed by atoms with Gasteiger partial charge in [0.2, 0.25) is 6.29 Å². The van der Waals surface area contributed by atoms with Gasteiger partial charge >= 0.3 is 0 Å². The topological polar surface area (TPSA) is 212 Å². The number of rotatable bonds is 11. The van der Waals surface area contributed by atoms with Crippen LogP contribution >= 0.6 is 0 Å². The van der Waals surface area contributed by atoms with Crippen LogP contribution in [0.2, 0.25) is 0 Å². The fourth-order valence-electron chi connectivity index (χ4n) is 9.87. The lowest BCUT2D eigenvalue weighted by molar-refractivity contribution is -0.329. The van der Waals surface area contributed by atoms with Crippen LogP contribution in [0.25, 0.3) is 16.8 Å². The van der Waals surface area contributed by atoms with Crippen LogP contribution in [0.5, 0.6) is 17.2 Å². The van der Waals surface area contributed by atoms with E-state index in [4.69, 9.17) is 18.9 Å². The number of fused-ring (bicyclic) bond motifs is 7.